The Morgan fingerprint density at radius 2 is 1.89 bits per heavy atom. The molecule has 1 aromatic rings. The predicted octanol–water partition coefficient (Wildman–Crippen LogP) is 2.24. The third-order valence-electron chi connectivity index (χ3n) is 2.43. The Morgan fingerprint density at radius 3 is 2.50 bits per heavy atom. The van der Waals surface area contributed by atoms with Gasteiger partial charge in [0.15, 0.2) is 5.84 Å². The van der Waals surface area contributed by atoms with Gasteiger partial charge in [0.1, 0.15) is 5.70 Å². The molecule has 1 aliphatic heterocycles. The molecule has 0 unspecified atom stereocenters. The number of hydrogen-bond donors (Lipinski definition) is 1. The molecule has 5 nitrogen and oxygen atoms in total. The second-order valence-electron chi connectivity index (χ2n) is 5.00. The largest absolute Gasteiger partial charge is 0.288 e. The van der Waals surface area contributed by atoms with Gasteiger partial charge in [-0.3, -0.25) is 15.3 Å². The normalized spacial score (nSPS) is 17.1. The lowest BCUT2D eigenvalue weighted by atomic mass is 10.1. The van der Waals surface area contributed by atoms with Crippen LogP contribution in [0.2, 0.25) is 0 Å². The summed E-state index contributed by atoms with van der Waals surface area (Å²) in [6.07, 6.45) is 6.59. The van der Waals surface area contributed by atoms with Gasteiger partial charge in [0, 0.05) is 18.0 Å². The fourth-order valence-electron chi connectivity index (χ4n) is 1.33. The minimum absolute atomic E-state index is 0.365. The topological polar surface area (TPSA) is 61.1 Å². The molecule has 0 aromatic carbocycles. The van der Waals surface area contributed by atoms with Gasteiger partial charge < -0.3 is 0 Å². The monoisotopic (exact) mass is 244 g/mol. The molecule has 0 amide bonds. The van der Waals surface area contributed by atoms with E-state index in [4.69, 9.17) is 0 Å². The van der Waals surface area contributed by atoms with Gasteiger partial charge in [-0.25, -0.2) is 9.98 Å². The smallest absolute Gasteiger partial charge is 0.160 e. The summed E-state index contributed by atoms with van der Waals surface area (Å²) < 4.78 is 0. The maximum Gasteiger partial charge on any atom is 0.160 e. The summed E-state index contributed by atoms with van der Waals surface area (Å²) in [7, 11) is 0. The van der Waals surface area contributed by atoms with E-state index in [2.05, 4.69) is 15.0 Å². The molecule has 5 heteroatoms. The number of allylic oxidation sites excluding steroid dienone is 1. The van der Waals surface area contributed by atoms with Gasteiger partial charge in [-0.2, -0.15) is 0 Å². The van der Waals surface area contributed by atoms with Crippen molar-refractivity contribution < 1.29 is 5.21 Å². The lowest BCUT2D eigenvalue weighted by molar-refractivity contribution is -0.110. The van der Waals surface area contributed by atoms with Crippen molar-refractivity contribution in [1.82, 2.24) is 10.0 Å². The van der Waals surface area contributed by atoms with Gasteiger partial charge in [0.25, 0.3) is 0 Å². The molecule has 0 saturated carbocycles. The van der Waals surface area contributed by atoms with Crippen molar-refractivity contribution in [2.45, 2.75) is 26.3 Å². The number of aliphatic imine (C=N–C) groups is 2. The van der Waals surface area contributed by atoms with Gasteiger partial charge >= 0.3 is 0 Å². The third kappa shape index (κ3) is 2.81. The lowest BCUT2D eigenvalue weighted by Gasteiger charge is -2.27. The zero-order chi connectivity index (χ0) is 13.2. The first-order valence-electron chi connectivity index (χ1n) is 5.70. The van der Waals surface area contributed by atoms with E-state index in [-0.39, 0.29) is 5.54 Å². The van der Waals surface area contributed by atoms with Crippen molar-refractivity contribution in [3.05, 3.63) is 42.0 Å². The van der Waals surface area contributed by atoms with Crippen LogP contribution in [0, 0.1) is 0 Å². The van der Waals surface area contributed by atoms with E-state index in [9.17, 15) is 5.21 Å². The van der Waals surface area contributed by atoms with E-state index in [0.717, 1.165) is 10.6 Å². The first kappa shape index (κ1) is 12.4. The van der Waals surface area contributed by atoms with E-state index in [1.807, 2.05) is 32.9 Å². The van der Waals surface area contributed by atoms with Crippen LogP contribution >= 0.6 is 0 Å². The first-order chi connectivity index (χ1) is 8.47. The minimum atomic E-state index is -0.365. The quantitative estimate of drug-likeness (QED) is 0.811. The molecular formula is C13H16N4O. The Kier molecular flexibility index (Phi) is 3.25. The summed E-state index contributed by atoms with van der Waals surface area (Å²) in [4.78, 5) is 12.5. The highest BCUT2D eigenvalue weighted by molar-refractivity contribution is 6.10. The Morgan fingerprint density at radius 1 is 1.22 bits per heavy atom. The number of nitrogens with zero attached hydrogens (tertiary/aromatic N) is 4. The number of aromatic nitrogens is 1. The second kappa shape index (κ2) is 4.70. The minimum Gasteiger partial charge on any atom is -0.288 e. The highest BCUT2D eigenvalue weighted by atomic mass is 16.5. The van der Waals surface area contributed by atoms with Gasteiger partial charge in [-0.1, -0.05) is 0 Å². The molecule has 18 heavy (non-hydrogen) atoms. The summed E-state index contributed by atoms with van der Waals surface area (Å²) in [5.41, 5.74) is 1.17. The molecular weight excluding hydrogens is 228 g/mol. The average molecular weight is 244 g/mol. The Bertz CT molecular complexity index is 512. The van der Waals surface area contributed by atoms with Crippen LogP contribution in [0.25, 0.3) is 0 Å². The van der Waals surface area contributed by atoms with Crippen LogP contribution in [0.1, 0.15) is 26.3 Å². The molecule has 0 fully saturated rings. The fraction of sp³-hybridized carbons (Fsp3) is 0.308. The summed E-state index contributed by atoms with van der Waals surface area (Å²) in [6, 6.07) is 3.69. The van der Waals surface area contributed by atoms with Crippen LogP contribution in [-0.4, -0.2) is 32.8 Å². The van der Waals surface area contributed by atoms with E-state index >= 15 is 0 Å². The van der Waals surface area contributed by atoms with Crippen molar-refractivity contribution in [1.29, 1.82) is 0 Å². The van der Waals surface area contributed by atoms with Crippen molar-refractivity contribution in [3.8, 4) is 0 Å². The highest BCUT2D eigenvalue weighted by Gasteiger charge is 2.17. The van der Waals surface area contributed by atoms with Crippen molar-refractivity contribution >= 4 is 12.1 Å². The first-order valence-corrected chi connectivity index (χ1v) is 5.70. The SMILES string of the molecule is CC(C)(C)N(O)/C=C1\C=NC(c2ccncc2)=N1. The molecule has 0 atom stereocenters. The van der Waals surface area contributed by atoms with Crippen molar-refractivity contribution in [2.75, 3.05) is 0 Å². The summed E-state index contributed by atoms with van der Waals surface area (Å²) in [5.74, 6) is 0.631. The molecule has 1 N–H and O–H groups in total. The second-order valence-corrected chi connectivity index (χ2v) is 5.00. The Labute approximate surface area is 106 Å². The van der Waals surface area contributed by atoms with Gasteiger partial charge in [-0.05, 0) is 32.9 Å². The van der Waals surface area contributed by atoms with Gasteiger partial charge in [-0.15, -0.1) is 0 Å². The molecule has 0 spiro atoms. The van der Waals surface area contributed by atoms with Crippen LogP contribution in [0.15, 0.2) is 46.4 Å². The van der Waals surface area contributed by atoms with Crippen LogP contribution in [0.3, 0.4) is 0 Å². The van der Waals surface area contributed by atoms with E-state index < -0.39 is 0 Å². The zero-order valence-electron chi connectivity index (χ0n) is 10.7. The van der Waals surface area contributed by atoms with E-state index in [0.29, 0.717) is 11.5 Å². The molecule has 0 bridgehead atoms. The van der Waals surface area contributed by atoms with Crippen molar-refractivity contribution in [3.63, 3.8) is 0 Å². The maximum atomic E-state index is 9.82. The molecule has 94 valence electrons. The van der Waals surface area contributed by atoms with E-state index in [1.165, 1.54) is 0 Å². The summed E-state index contributed by atoms with van der Waals surface area (Å²) >= 11 is 0. The molecule has 0 aliphatic carbocycles. The fourth-order valence-corrected chi connectivity index (χ4v) is 1.33. The van der Waals surface area contributed by atoms with Crippen LogP contribution < -0.4 is 0 Å². The number of hydroxylamine groups is 2. The molecule has 0 saturated heterocycles. The zero-order valence-corrected chi connectivity index (χ0v) is 10.7. The number of rotatable bonds is 2. The van der Waals surface area contributed by atoms with Gasteiger partial charge in [0.05, 0.1) is 18.0 Å². The van der Waals surface area contributed by atoms with Crippen LogP contribution in [0.5, 0.6) is 0 Å². The lowest BCUT2D eigenvalue weighted by Crippen LogP contribution is -2.34. The molecule has 0 radical (unpaired) electrons. The molecule has 1 aliphatic rings. The number of hydrogen-bond acceptors (Lipinski definition) is 5. The Balaban J connectivity index is 2.20. The van der Waals surface area contributed by atoms with E-state index in [1.54, 1.807) is 24.8 Å². The summed E-state index contributed by atoms with van der Waals surface area (Å²) in [6.45, 7) is 5.72. The molecule has 2 heterocycles. The van der Waals surface area contributed by atoms with Crippen molar-refractivity contribution in [2.24, 2.45) is 9.98 Å². The maximum absolute atomic E-state index is 9.82. The standard InChI is InChI=1S/C13H16N4O/c1-13(2,3)17(18)9-11-8-15-12(16-11)10-4-6-14-7-5-10/h4-9,18H,1-3H3/b11-9+. The molecule has 2 rings (SSSR count). The van der Waals surface area contributed by atoms with Gasteiger partial charge in [0.2, 0.25) is 0 Å². The number of pyridine rings is 1. The average Bonchev–Trinajstić information content (AvgIpc) is 2.77. The Hall–Kier alpha value is -2.01. The highest BCUT2D eigenvalue weighted by Crippen LogP contribution is 2.15. The van der Waals surface area contributed by atoms with Crippen LogP contribution in [-0.2, 0) is 0 Å². The number of amidine groups is 1. The molecule has 1 aromatic heterocycles. The predicted molar refractivity (Wildman–Crippen MR) is 70.7 cm³/mol. The third-order valence-corrected chi connectivity index (χ3v) is 2.43. The van der Waals surface area contributed by atoms with Crippen LogP contribution in [0.4, 0.5) is 0 Å². The summed E-state index contributed by atoms with van der Waals surface area (Å²) in [5, 5.41) is 11.0.